The lowest BCUT2D eigenvalue weighted by Crippen LogP contribution is -2.36. The standard InChI is InChI=1S/C10H22N2O2/c1-5-14-10(13)8-9(2)12(4)7-6-11-3/h9,11H,5-8H2,1-4H3. The predicted octanol–water partition coefficient (Wildman–Crippen LogP) is 0.479. The predicted molar refractivity (Wildman–Crippen MR) is 57.3 cm³/mol. The van der Waals surface area contributed by atoms with Crippen molar-refractivity contribution in [2.24, 2.45) is 0 Å². The van der Waals surface area contributed by atoms with E-state index < -0.39 is 0 Å². The Hall–Kier alpha value is -0.610. The number of carbonyl (C=O) groups is 1. The average molecular weight is 202 g/mol. The minimum absolute atomic E-state index is 0.115. The molecule has 0 aromatic carbocycles. The SMILES string of the molecule is CCOC(=O)CC(C)N(C)CCNC. The molecule has 4 nitrogen and oxygen atoms in total. The molecule has 14 heavy (non-hydrogen) atoms. The van der Waals surface area contributed by atoms with E-state index in [0.29, 0.717) is 13.0 Å². The van der Waals surface area contributed by atoms with Gasteiger partial charge in [0.05, 0.1) is 13.0 Å². The zero-order valence-corrected chi connectivity index (χ0v) is 9.67. The Kier molecular flexibility index (Phi) is 7.42. The summed E-state index contributed by atoms with van der Waals surface area (Å²) in [5.41, 5.74) is 0. The minimum Gasteiger partial charge on any atom is -0.466 e. The molecule has 4 heteroatoms. The van der Waals surface area contributed by atoms with Crippen LogP contribution in [-0.2, 0) is 9.53 Å². The lowest BCUT2D eigenvalue weighted by Gasteiger charge is -2.23. The van der Waals surface area contributed by atoms with Crippen LogP contribution in [0.5, 0.6) is 0 Å². The van der Waals surface area contributed by atoms with Gasteiger partial charge >= 0.3 is 5.97 Å². The fraction of sp³-hybridized carbons (Fsp3) is 0.900. The number of hydrogen-bond acceptors (Lipinski definition) is 4. The van der Waals surface area contributed by atoms with Crippen molar-refractivity contribution in [3.8, 4) is 0 Å². The van der Waals surface area contributed by atoms with Gasteiger partial charge in [0, 0.05) is 19.1 Å². The number of ether oxygens (including phenoxy) is 1. The number of nitrogens with one attached hydrogen (secondary N) is 1. The van der Waals surface area contributed by atoms with Crippen LogP contribution < -0.4 is 5.32 Å². The quantitative estimate of drug-likeness (QED) is 0.610. The van der Waals surface area contributed by atoms with Gasteiger partial charge in [-0.1, -0.05) is 0 Å². The average Bonchev–Trinajstić information content (AvgIpc) is 2.14. The van der Waals surface area contributed by atoms with Gasteiger partial charge in [0.2, 0.25) is 0 Å². The highest BCUT2D eigenvalue weighted by Crippen LogP contribution is 2.01. The molecule has 0 fully saturated rings. The third kappa shape index (κ3) is 5.94. The number of carbonyl (C=O) groups excluding carboxylic acids is 1. The fourth-order valence-corrected chi connectivity index (χ4v) is 1.13. The van der Waals surface area contributed by atoms with Crippen LogP contribution in [-0.4, -0.2) is 50.7 Å². The number of likely N-dealkylation sites (N-methyl/N-ethyl adjacent to an activating group) is 2. The Labute approximate surface area is 86.6 Å². The van der Waals surface area contributed by atoms with E-state index in [9.17, 15) is 4.79 Å². The summed E-state index contributed by atoms with van der Waals surface area (Å²) in [5.74, 6) is -0.115. The Morgan fingerprint density at radius 2 is 2.21 bits per heavy atom. The molecule has 0 spiro atoms. The second-order valence-electron chi connectivity index (χ2n) is 3.44. The first-order valence-electron chi connectivity index (χ1n) is 5.12. The van der Waals surface area contributed by atoms with Gasteiger partial charge in [-0.05, 0) is 27.9 Å². The molecule has 1 unspecified atom stereocenters. The summed E-state index contributed by atoms with van der Waals surface area (Å²) in [5, 5.41) is 3.07. The molecule has 0 aliphatic heterocycles. The van der Waals surface area contributed by atoms with Crippen molar-refractivity contribution >= 4 is 5.97 Å². The molecule has 0 saturated carbocycles. The van der Waals surface area contributed by atoms with Gasteiger partial charge in [0.1, 0.15) is 0 Å². The van der Waals surface area contributed by atoms with E-state index in [1.54, 1.807) is 0 Å². The van der Waals surface area contributed by atoms with Gasteiger partial charge in [-0.2, -0.15) is 0 Å². The van der Waals surface area contributed by atoms with Crippen molar-refractivity contribution < 1.29 is 9.53 Å². The third-order valence-electron chi connectivity index (χ3n) is 2.23. The molecule has 0 radical (unpaired) electrons. The van der Waals surface area contributed by atoms with Crippen LogP contribution in [0.4, 0.5) is 0 Å². The van der Waals surface area contributed by atoms with Crippen molar-refractivity contribution in [1.29, 1.82) is 0 Å². The van der Waals surface area contributed by atoms with Gasteiger partial charge in [-0.25, -0.2) is 0 Å². The van der Waals surface area contributed by atoms with Crippen molar-refractivity contribution in [3.05, 3.63) is 0 Å². The van der Waals surface area contributed by atoms with E-state index in [1.807, 2.05) is 27.9 Å². The topological polar surface area (TPSA) is 41.6 Å². The maximum Gasteiger partial charge on any atom is 0.307 e. The normalized spacial score (nSPS) is 12.9. The maximum atomic E-state index is 11.2. The summed E-state index contributed by atoms with van der Waals surface area (Å²) < 4.78 is 4.89. The zero-order chi connectivity index (χ0) is 11.0. The van der Waals surface area contributed by atoms with E-state index in [4.69, 9.17) is 4.74 Å². The van der Waals surface area contributed by atoms with Gasteiger partial charge in [-0.15, -0.1) is 0 Å². The molecule has 0 aromatic heterocycles. The lowest BCUT2D eigenvalue weighted by molar-refractivity contribution is -0.144. The van der Waals surface area contributed by atoms with Crippen LogP contribution in [0.1, 0.15) is 20.3 Å². The van der Waals surface area contributed by atoms with Gasteiger partial charge in [-0.3, -0.25) is 4.79 Å². The first-order valence-corrected chi connectivity index (χ1v) is 5.12. The van der Waals surface area contributed by atoms with E-state index in [1.165, 1.54) is 0 Å². The van der Waals surface area contributed by atoms with E-state index in [2.05, 4.69) is 10.2 Å². The molecule has 0 saturated heterocycles. The van der Waals surface area contributed by atoms with E-state index in [-0.39, 0.29) is 12.0 Å². The Balaban J connectivity index is 3.70. The summed E-state index contributed by atoms with van der Waals surface area (Å²) in [6, 6.07) is 0.238. The third-order valence-corrected chi connectivity index (χ3v) is 2.23. The van der Waals surface area contributed by atoms with Crippen LogP contribution in [0, 0.1) is 0 Å². The number of esters is 1. The second-order valence-corrected chi connectivity index (χ2v) is 3.44. The van der Waals surface area contributed by atoms with Crippen LogP contribution in [0.25, 0.3) is 0 Å². The highest BCUT2D eigenvalue weighted by atomic mass is 16.5. The molecule has 0 amide bonds. The van der Waals surface area contributed by atoms with Crippen molar-refractivity contribution in [1.82, 2.24) is 10.2 Å². The van der Waals surface area contributed by atoms with Crippen molar-refractivity contribution in [2.75, 3.05) is 33.8 Å². The molecule has 0 rings (SSSR count). The number of nitrogens with zero attached hydrogens (tertiary/aromatic N) is 1. The molecule has 0 heterocycles. The van der Waals surface area contributed by atoms with E-state index in [0.717, 1.165) is 13.1 Å². The first-order chi connectivity index (χ1) is 6.61. The summed E-state index contributed by atoms with van der Waals surface area (Å²) in [6.07, 6.45) is 0.466. The summed E-state index contributed by atoms with van der Waals surface area (Å²) in [4.78, 5) is 13.3. The number of rotatable bonds is 7. The van der Waals surface area contributed by atoms with Crippen LogP contribution in [0.15, 0.2) is 0 Å². The molecule has 1 N–H and O–H groups in total. The van der Waals surface area contributed by atoms with Gasteiger partial charge in [0.15, 0.2) is 0 Å². The first kappa shape index (κ1) is 13.4. The molecule has 1 atom stereocenters. The smallest absolute Gasteiger partial charge is 0.307 e. The molecule has 0 bridgehead atoms. The highest BCUT2D eigenvalue weighted by Gasteiger charge is 2.13. The summed E-state index contributed by atoms with van der Waals surface area (Å²) >= 11 is 0. The van der Waals surface area contributed by atoms with Crippen molar-refractivity contribution in [3.63, 3.8) is 0 Å². The molecule has 0 aliphatic rings. The monoisotopic (exact) mass is 202 g/mol. The lowest BCUT2D eigenvalue weighted by atomic mass is 10.2. The second kappa shape index (κ2) is 7.76. The molecule has 0 aromatic rings. The van der Waals surface area contributed by atoms with Crippen molar-refractivity contribution in [2.45, 2.75) is 26.3 Å². The van der Waals surface area contributed by atoms with Crippen LogP contribution in [0.3, 0.4) is 0 Å². The Bertz CT molecular complexity index is 162. The molecule has 0 aliphatic carbocycles. The zero-order valence-electron chi connectivity index (χ0n) is 9.67. The Morgan fingerprint density at radius 1 is 1.57 bits per heavy atom. The van der Waals surface area contributed by atoms with Crippen LogP contribution in [0.2, 0.25) is 0 Å². The molecular weight excluding hydrogens is 180 g/mol. The fourth-order valence-electron chi connectivity index (χ4n) is 1.13. The highest BCUT2D eigenvalue weighted by molar-refractivity contribution is 5.69. The number of hydrogen-bond donors (Lipinski definition) is 1. The Morgan fingerprint density at radius 3 is 2.71 bits per heavy atom. The summed E-state index contributed by atoms with van der Waals surface area (Å²) in [7, 11) is 3.94. The van der Waals surface area contributed by atoms with E-state index >= 15 is 0 Å². The largest absolute Gasteiger partial charge is 0.466 e. The summed E-state index contributed by atoms with van der Waals surface area (Å²) in [6.45, 7) is 6.20. The van der Waals surface area contributed by atoms with Gasteiger partial charge < -0.3 is 15.0 Å². The van der Waals surface area contributed by atoms with Gasteiger partial charge in [0.25, 0.3) is 0 Å². The molecular formula is C10H22N2O2. The maximum absolute atomic E-state index is 11.2. The minimum atomic E-state index is -0.115. The molecule has 84 valence electrons. The van der Waals surface area contributed by atoms with Crippen LogP contribution >= 0.6 is 0 Å².